The number of ketones is 1. The van der Waals surface area contributed by atoms with Crippen molar-refractivity contribution >= 4 is 11.8 Å². The molecule has 1 saturated carbocycles. The summed E-state index contributed by atoms with van der Waals surface area (Å²) >= 11 is 0. The van der Waals surface area contributed by atoms with Crippen molar-refractivity contribution in [3.63, 3.8) is 0 Å². The molecule has 108 valence electrons. The molecular formula is C15H16F2O3. The van der Waals surface area contributed by atoms with E-state index in [1.165, 1.54) is 6.92 Å². The lowest BCUT2D eigenvalue weighted by Gasteiger charge is -2.37. The first-order chi connectivity index (χ1) is 9.27. The average molecular weight is 282 g/mol. The molecule has 3 nitrogen and oxygen atoms in total. The molecule has 0 amide bonds. The maximum atomic E-state index is 13.3. The Morgan fingerprint density at radius 1 is 1.05 bits per heavy atom. The molecule has 0 bridgehead atoms. The smallest absolute Gasteiger partial charge is 0.314 e. The molecule has 5 heteroatoms. The van der Waals surface area contributed by atoms with Crippen molar-refractivity contribution in [1.29, 1.82) is 0 Å². The van der Waals surface area contributed by atoms with E-state index in [2.05, 4.69) is 0 Å². The fourth-order valence-electron chi connectivity index (χ4n) is 2.69. The van der Waals surface area contributed by atoms with Crippen LogP contribution >= 0.6 is 0 Å². The molecule has 0 aliphatic heterocycles. The molecular weight excluding hydrogens is 266 g/mol. The van der Waals surface area contributed by atoms with E-state index in [-0.39, 0.29) is 18.6 Å². The van der Waals surface area contributed by atoms with Gasteiger partial charge in [0.2, 0.25) is 5.92 Å². The summed E-state index contributed by atoms with van der Waals surface area (Å²) in [5.41, 5.74) is -0.294. The number of aliphatic carboxylic acids is 1. The molecule has 1 aromatic rings. The zero-order valence-corrected chi connectivity index (χ0v) is 11.2. The average Bonchev–Trinajstić information content (AvgIpc) is 2.39. The topological polar surface area (TPSA) is 54.4 Å². The van der Waals surface area contributed by atoms with E-state index in [4.69, 9.17) is 0 Å². The number of rotatable bonds is 3. The fourth-order valence-corrected chi connectivity index (χ4v) is 2.69. The van der Waals surface area contributed by atoms with Crippen LogP contribution in [0.25, 0.3) is 0 Å². The SMILES string of the molecule is CC(=O)c1ccc(C2(C(=O)O)CCC(F)(F)CC2)cc1. The normalized spacial score (nSPS) is 20.4. The molecule has 1 aliphatic carbocycles. The molecule has 1 fully saturated rings. The maximum absolute atomic E-state index is 13.3. The highest BCUT2D eigenvalue weighted by molar-refractivity contribution is 5.94. The lowest BCUT2D eigenvalue weighted by molar-refractivity contribution is -0.149. The highest BCUT2D eigenvalue weighted by Crippen LogP contribution is 2.45. The number of halogens is 2. The highest BCUT2D eigenvalue weighted by Gasteiger charge is 2.48. The second kappa shape index (κ2) is 4.96. The third-order valence-electron chi connectivity index (χ3n) is 4.09. The van der Waals surface area contributed by atoms with Crippen molar-refractivity contribution in [2.45, 2.75) is 43.9 Å². The van der Waals surface area contributed by atoms with Gasteiger partial charge in [0, 0.05) is 18.4 Å². The Morgan fingerprint density at radius 3 is 1.95 bits per heavy atom. The van der Waals surface area contributed by atoms with Crippen molar-refractivity contribution in [3.8, 4) is 0 Å². The van der Waals surface area contributed by atoms with Gasteiger partial charge in [-0.05, 0) is 25.3 Å². The van der Waals surface area contributed by atoms with E-state index in [0.29, 0.717) is 11.1 Å². The Hall–Kier alpha value is -1.78. The zero-order valence-electron chi connectivity index (χ0n) is 11.2. The van der Waals surface area contributed by atoms with Crippen molar-refractivity contribution in [2.24, 2.45) is 0 Å². The summed E-state index contributed by atoms with van der Waals surface area (Å²) in [4.78, 5) is 22.8. The number of carbonyl (C=O) groups excluding carboxylic acids is 1. The minimum atomic E-state index is -2.78. The molecule has 2 rings (SSSR count). The van der Waals surface area contributed by atoms with Gasteiger partial charge in [-0.25, -0.2) is 8.78 Å². The van der Waals surface area contributed by atoms with Gasteiger partial charge in [0.1, 0.15) is 0 Å². The van der Waals surface area contributed by atoms with Gasteiger partial charge in [-0.2, -0.15) is 0 Å². The first-order valence-corrected chi connectivity index (χ1v) is 6.50. The quantitative estimate of drug-likeness (QED) is 0.864. The van der Waals surface area contributed by atoms with Crippen LogP contribution in [0.4, 0.5) is 8.78 Å². The Morgan fingerprint density at radius 2 is 1.55 bits per heavy atom. The lowest BCUT2D eigenvalue weighted by Crippen LogP contribution is -2.42. The van der Waals surface area contributed by atoms with E-state index in [1.807, 2.05) is 0 Å². The van der Waals surface area contributed by atoms with Crippen LogP contribution < -0.4 is 0 Å². The highest BCUT2D eigenvalue weighted by atomic mass is 19.3. The monoisotopic (exact) mass is 282 g/mol. The van der Waals surface area contributed by atoms with Crippen LogP contribution in [0, 0.1) is 0 Å². The summed E-state index contributed by atoms with van der Waals surface area (Å²) in [5.74, 6) is -3.97. The predicted molar refractivity (Wildman–Crippen MR) is 69.2 cm³/mol. The van der Waals surface area contributed by atoms with Gasteiger partial charge in [-0.1, -0.05) is 24.3 Å². The number of benzene rings is 1. The summed E-state index contributed by atoms with van der Waals surface area (Å²) < 4.78 is 26.5. The van der Waals surface area contributed by atoms with Gasteiger partial charge < -0.3 is 5.11 Å². The molecule has 0 unspecified atom stereocenters. The van der Waals surface area contributed by atoms with Crippen LogP contribution in [0.2, 0.25) is 0 Å². The molecule has 0 atom stereocenters. The maximum Gasteiger partial charge on any atom is 0.314 e. The first kappa shape index (κ1) is 14.6. The van der Waals surface area contributed by atoms with Crippen LogP contribution in [-0.2, 0) is 10.2 Å². The van der Waals surface area contributed by atoms with Crippen LogP contribution in [-0.4, -0.2) is 22.8 Å². The van der Waals surface area contributed by atoms with Crippen LogP contribution in [0.5, 0.6) is 0 Å². The number of carboxylic acids is 1. The third kappa shape index (κ3) is 2.57. The molecule has 1 aliphatic rings. The minimum Gasteiger partial charge on any atom is -0.481 e. The second-order valence-electron chi connectivity index (χ2n) is 5.38. The predicted octanol–water partition coefficient (Wildman–Crippen LogP) is 3.42. The van der Waals surface area contributed by atoms with Gasteiger partial charge >= 0.3 is 5.97 Å². The number of carboxylic acid groups (broad SMARTS) is 1. The summed E-state index contributed by atoms with van der Waals surface area (Å²) in [7, 11) is 0. The number of carbonyl (C=O) groups is 2. The van der Waals surface area contributed by atoms with E-state index in [0.717, 1.165) is 0 Å². The second-order valence-corrected chi connectivity index (χ2v) is 5.38. The van der Waals surface area contributed by atoms with Gasteiger partial charge in [0.05, 0.1) is 5.41 Å². The van der Waals surface area contributed by atoms with E-state index >= 15 is 0 Å². The van der Waals surface area contributed by atoms with Crippen LogP contribution in [0.1, 0.15) is 48.5 Å². The van der Waals surface area contributed by atoms with Gasteiger partial charge in [-0.15, -0.1) is 0 Å². The van der Waals surface area contributed by atoms with Crippen molar-refractivity contribution in [2.75, 3.05) is 0 Å². The fraction of sp³-hybridized carbons (Fsp3) is 0.467. The number of Topliss-reactive ketones (excluding diaryl/α,β-unsaturated/α-hetero) is 1. The van der Waals surface area contributed by atoms with Crippen molar-refractivity contribution in [1.82, 2.24) is 0 Å². The zero-order chi connectivity index (χ0) is 15.0. The third-order valence-corrected chi connectivity index (χ3v) is 4.09. The Labute approximate surface area is 115 Å². The molecule has 0 spiro atoms. The minimum absolute atomic E-state index is 0.0885. The Bertz CT molecular complexity index is 525. The molecule has 0 radical (unpaired) electrons. The number of hydrogen-bond acceptors (Lipinski definition) is 2. The Balaban J connectivity index is 2.34. The van der Waals surface area contributed by atoms with Gasteiger partial charge in [-0.3, -0.25) is 9.59 Å². The molecule has 0 saturated heterocycles. The lowest BCUT2D eigenvalue weighted by atomic mass is 9.68. The van der Waals surface area contributed by atoms with Crippen LogP contribution in [0.15, 0.2) is 24.3 Å². The molecule has 1 N–H and O–H groups in total. The van der Waals surface area contributed by atoms with E-state index in [1.54, 1.807) is 24.3 Å². The first-order valence-electron chi connectivity index (χ1n) is 6.50. The van der Waals surface area contributed by atoms with Gasteiger partial charge in [0.15, 0.2) is 5.78 Å². The number of alkyl halides is 2. The number of hydrogen-bond donors (Lipinski definition) is 1. The molecule has 1 aromatic carbocycles. The summed E-state index contributed by atoms with van der Waals surface area (Å²) in [6.45, 7) is 1.42. The molecule has 20 heavy (non-hydrogen) atoms. The Kier molecular flexibility index (Phi) is 3.63. The standard InChI is InChI=1S/C15H16F2O3/c1-10(18)11-2-4-12(5-3-11)14(13(19)20)6-8-15(16,17)9-7-14/h2-5H,6-9H2,1H3,(H,19,20). The largest absolute Gasteiger partial charge is 0.481 e. The summed E-state index contributed by atoms with van der Waals surface area (Å²) in [6.07, 6.45) is -1.02. The summed E-state index contributed by atoms with van der Waals surface area (Å²) in [6, 6.07) is 6.23. The van der Waals surface area contributed by atoms with E-state index < -0.39 is 30.1 Å². The summed E-state index contributed by atoms with van der Waals surface area (Å²) in [5, 5.41) is 9.48. The van der Waals surface area contributed by atoms with Crippen molar-refractivity contribution < 1.29 is 23.5 Å². The van der Waals surface area contributed by atoms with Crippen LogP contribution in [0.3, 0.4) is 0 Å². The molecule has 0 aromatic heterocycles. The molecule has 0 heterocycles. The van der Waals surface area contributed by atoms with Gasteiger partial charge in [0.25, 0.3) is 0 Å². The van der Waals surface area contributed by atoms with Crippen molar-refractivity contribution in [3.05, 3.63) is 35.4 Å². The van der Waals surface area contributed by atoms with E-state index in [9.17, 15) is 23.5 Å².